The van der Waals surface area contributed by atoms with Crippen molar-refractivity contribution in [1.82, 2.24) is 4.31 Å². The van der Waals surface area contributed by atoms with Crippen molar-refractivity contribution < 1.29 is 31.1 Å². The van der Waals surface area contributed by atoms with Crippen molar-refractivity contribution in [2.75, 3.05) is 19.8 Å². The van der Waals surface area contributed by atoms with Gasteiger partial charge in [-0.05, 0) is 30.5 Å². The largest absolute Gasteiger partial charge is 0.437 e. The number of primary amides is 1. The number of sulfonamides is 1. The number of ether oxygens (including phenoxy) is 1. The van der Waals surface area contributed by atoms with Crippen molar-refractivity contribution in [3.8, 4) is 0 Å². The van der Waals surface area contributed by atoms with E-state index in [1.54, 1.807) is 0 Å². The van der Waals surface area contributed by atoms with E-state index in [1.807, 2.05) is 6.92 Å². The minimum atomic E-state index is -4.63. The third-order valence-corrected chi connectivity index (χ3v) is 5.86. The quantitative estimate of drug-likeness (QED) is 0.731. The standard InChI is InChI=1S/C16H23F3N2O4S/c1-4-5-9-15(25-14(20)22,11-26(23,24)21(2)3)12-7-6-8-13(10-12)16(17,18)19/h6-8,10H,4-5,9,11H2,1-3H3,(H2,20,22). The molecular weight excluding hydrogens is 373 g/mol. The van der Waals surface area contributed by atoms with E-state index in [9.17, 15) is 26.4 Å². The highest BCUT2D eigenvalue weighted by Gasteiger charge is 2.42. The first kappa shape index (κ1) is 22.2. The second kappa shape index (κ2) is 8.26. The number of rotatable bonds is 8. The van der Waals surface area contributed by atoms with Crippen LogP contribution in [0.5, 0.6) is 0 Å². The lowest BCUT2D eigenvalue weighted by molar-refractivity contribution is -0.137. The summed E-state index contributed by atoms with van der Waals surface area (Å²) in [6.07, 6.45) is -4.83. The maximum atomic E-state index is 13.1. The number of hydrogen-bond acceptors (Lipinski definition) is 4. The van der Waals surface area contributed by atoms with Gasteiger partial charge in [-0.3, -0.25) is 0 Å². The summed E-state index contributed by atoms with van der Waals surface area (Å²) in [5, 5.41) is 0. The average Bonchev–Trinajstić information content (AvgIpc) is 2.51. The van der Waals surface area contributed by atoms with Crippen LogP contribution in [0, 0.1) is 0 Å². The van der Waals surface area contributed by atoms with Crippen LogP contribution in [0.15, 0.2) is 24.3 Å². The highest BCUT2D eigenvalue weighted by atomic mass is 32.2. The first-order valence-electron chi connectivity index (χ1n) is 7.90. The van der Waals surface area contributed by atoms with E-state index in [2.05, 4.69) is 0 Å². The van der Waals surface area contributed by atoms with Crippen molar-refractivity contribution in [2.24, 2.45) is 5.73 Å². The molecular formula is C16H23F3N2O4S. The minimum Gasteiger partial charge on any atom is -0.437 e. The zero-order valence-electron chi connectivity index (χ0n) is 14.8. The van der Waals surface area contributed by atoms with Crippen LogP contribution in [0.2, 0.25) is 0 Å². The molecule has 1 rings (SSSR count). The monoisotopic (exact) mass is 396 g/mol. The SMILES string of the molecule is CCCCC(CS(=O)(=O)N(C)C)(OC(N)=O)c1cccc(C(F)(F)F)c1. The minimum absolute atomic E-state index is 0.0147. The van der Waals surface area contributed by atoms with E-state index in [1.165, 1.54) is 20.2 Å². The van der Waals surface area contributed by atoms with Crippen LogP contribution in [-0.4, -0.2) is 38.7 Å². The topological polar surface area (TPSA) is 89.7 Å². The summed E-state index contributed by atoms with van der Waals surface area (Å²) in [4.78, 5) is 11.5. The zero-order chi connectivity index (χ0) is 20.2. The lowest BCUT2D eigenvalue weighted by atomic mass is 9.89. The van der Waals surface area contributed by atoms with Crippen LogP contribution < -0.4 is 5.73 Å². The zero-order valence-corrected chi connectivity index (χ0v) is 15.7. The lowest BCUT2D eigenvalue weighted by Crippen LogP contribution is -2.44. The van der Waals surface area contributed by atoms with Crippen molar-refractivity contribution in [2.45, 2.75) is 38.0 Å². The number of unbranched alkanes of at least 4 members (excludes halogenated alkanes) is 1. The van der Waals surface area contributed by atoms with E-state index < -0.39 is 39.2 Å². The Morgan fingerprint density at radius 1 is 1.23 bits per heavy atom. The van der Waals surface area contributed by atoms with E-state index >= 15 is 0 Å². The van der Waals surface area contributed by atoms with Gasteiger partial charge in [0.05, 0.1) is 5.56 Å². The van der Waals surface area contributed by atoms with E-state index in [-0.39, 0.29) is 12.0 Å². The van der Waals surface area contributed by atoms with Gasteiger partial charge in [-0.2, -0.15) is 13.2 Å². The highest BCUT2D eigenvalue weighted by molar-refractivity contribution is 7.89. The average molecular weight is 396 g/mol. The van der Waals surface area contributed by atoms with Gasteiger partial charge in [0.25, 0.3) is 0 Å². The molecule has 0 saturated heterocycles. The Kier molecular flexibility index (Phi) is 7.06. The maximum Gasteiger partial charge on any atom is 0.416 e. The number of alkyl halides is 3. The number of amides is 1. The molecule has 1 amide bonds. The summed E-state index contributed by atoms with van der Waals surface area (Å²) in [5.74, 6) is -0.711. The molecule has 2 N–H and O–H groups in total. The van der Waals surface area contributed by atoms with Gasteiger partial charge < -0.3 is 10.5 Å². The van der Waals surface area contributed by atoms with Gasteiger partial charge >= 0.3 is 12.3 Å². The number of nitrogens with zero attached hydrogens (tertiary/aromatic N) is 1. The predicted molar refractivity (Wildman–Crippen MR) is 90.8 cm³/mol. The van der Waals surface area contributed by atoms with E-state index in [0.717, 1.165) is 22.5 Å². The molecule has 1 unspecified atom stereocenters. The fraction of sp³-hybridized carbons (Fsp3) is 0.562. The molecule has 148 valence electrons. The molecule has 0 heterocycles. The number of halogens is 3. The molecule has 0 fully saturated rings. The summed E-state index contributed by atoms with van der Waals surface area (Å²) in [5.41, 5.74) is 2.27. The number of carbonyl (C=O) groups excluding carboxylic acids is 1. The number of carbonyl (C=O) groups is 1. The Bertz CT molecular complexity index is 735. The van der Waals surface area contributed by atoms with Crippen LogP contribution >= 0.6 is 0 Å². The maximum absolute atomic E-state index is 13.1. The Hall–Kier alpha value is -1.81. The molecule has 0 spiro atoms. The fourth-order valence-electron chi connectivity index (χ4n) is 2.50. The summed E-state index contributed by atoms with van der Waals surface area (Å²) in [6.45, 7) is 1.82. The molecule has 0 aliphatic heterocycles. The van der Waals surface area contributed by atoms with Crippen molar-refractivity contribution >= 4 is 16.1 Å². The third kappa shape index (κ3) is 5.60. The van der Waals surface area contributed by atoms with E-state index in [4.69, 9.17) is 10.5 Å². The predicted octanol–water partition coefficient (Wildman–Crippen LogP) is 3.08. The first-order chi connectivity index (χ1) is 11.8. The van der Waals surface area contributed by atoms with Crippen LogP contribution in [0.4, 0.5) is 18.0 Å². The second-order valence-corrected chi connectivity index (χ2v) is 8.32. The van der Waals surface area contributed by atoms with Gasteiger partial charge in [0, 0.05) is 14.1 Å². The van der Waals surface area contributed by atoms with Gasteiger partial charge in [0.2, 0.25) is 10.0 Å². The number of nitrogens with two attached hydrogens (primary N) is 1. The van der Waals surface area contributed by atoms with Gasteiger partial charge in [-0.15, -0.1) is 0 Å². The van der Waals surface area contributed by atoms with Crippen molar-refractivity contribution in [1.29, 1.82) is 0 Å². The van der Waals surface area contributed by atoms with Crippen LogP contribution in [0.25, 0.3) is 0 Å². The molecule has 0 aliphatic rings. The van der Waals surface area contributed by atoms with Gasteiger partial charge in [0.1, 0.15) is 5.75 Å². The smallest absolute Gasteiger partial charge is 0.416 e. The summed E-state index contributed by atoms with van der Waals surface area (Å²) in [7, 11) is -1.33. The molecule has 10 heteroatoms. The normalized spacial score (nSPS) is 14.9. The number of hydrogen-bond donors (Lipinski definition) is 1. The molecule has 1 aromatic rings. The number of benzene rings is 1. The molecule has 1 atom stereocenters. The Morgan fingerprint density at radius 2 is 1.81 bits per heavy atom. The van der Waals surface area contributed by atoms with Crippen LogP contribution in [-0.2, 0) is 26.5 Å². The van der Waals surface area contributed by atoms with Crippen LogP contribution in [0.1, 0.15) is 37.3 Å². The molecule has 6 nitrogen and oxygen atoms in total. The third-order valence-electron chi connectivity index (χ3n) is 3.92. The van der Waals surface area contributed by atoms with Crippen molar-refractivity contribution in [3.05, 3.63) is 35.4 Å². The second-order valence-electron chi connectivity index (χ2n) is 6.14. The summed E-state index contributed by atoms with van der Waals surface area (Å²) < 4.78 is 70.1. The Labute approximate surface area is 151 Å². The lowest BCUT2D eigenvalue weighted by Gasteiger charge is -2.34. The summed E-state index contributed by atoms with van der Waals surface area (Å²) >= 11 is 0. The molecule has 26 heavy (non-hydrogen) atoms. The van der Waals surface area contributed by atoms with Crippen molar-refractivity contribution in [3.63, 3.8) is 0 Å². The molecule has 0 aliphatic carbocycles. The Balaban J connectivity index is 3.58. The first-order valence-corrected chi connectivity index (χ1v) is 9.51. The van der Waals surface area contributed by atoms with Gasteiger partial charge in [-0.25, -0.2) is 17.5 Å². The summed E-state index contributed by atoms with van der Waals surface area (Å²) in [6, 6.07) is 4.10. The Morgan fingerprint density at radius 3 is 2.27 bits per heavy atom. The van der Waals surface area contributed by atoms with Gasteiger partial charge in [-0.1, -0.05) is 25.5 Å². The highest BCUT2D eigenvalue weighted by Crippen LogP contribution is 2.37. The molecule has 0 saturated carbocycles. The molecule has 0 aromatic heterocycles. The van der Waals surface area contributed by atoms with E-state index in [0.29, 0.717) is 12.8 Å². The van der Waals surface area contributed by atoms with Crippen LogP contribution in [0.3, 0.4) is 0 Å². The molecule has 1 aromatic carbocycles. The molecule has 0 bridgehead atoms. The fourth-order valence-corrected chi connectivity index (χ4v) is 3.71. The molecule has 0 radical (unpaired) electrons. The van der Waals surface area contributed by atoms with Gasteiger partial charge in [0.15, 0.2) is 5.60 Å².